The second-order valence-electron chi connectivity index (χ2n) is 5.46. The Morgan fingerprint density at radius 1 is 1.50 bits per heavy atom. The van der Waals surface area contributed by atoms with Crippen LogP contribution in [0.25, 0.3) is 0 Å². The van der Waals surface area contributed by atoms with Crippen molar-refractivity contribution in [1.82, 2.24) is 0 Å². The predicted molar refractivity (Wildman–Crippen MR) is 69.2 cm³/mol. The highest BCUT2D eigenvalue weighted by Crippen LogP contribution is 2.41. The molecule has 1 aromatic carbocycles. The van der Waals surface area contributed by atoms with E-state index < -0.39 is 6.10 Å². The minimum Gasteiger partial charge on any atom is -0.487 e. The van der Waals surface area contributed by atoms with Crippen molar-refractivity contribution in [1.29, 1.82) is 5.26 Å². The Morgan fingerprint density at radius 3 is 2.83 bits per heavy atom. The Labute approximate surface area is 108 Å². The van der Waals surface area contributed by atoms with Gasteiger partial charge in [-0.2, -0.15) is 5.26 Å². The maximum Gasteiger partial charge on any atom is 0.129 e. The van der Waals surface area contributed by atoms with Gasteiger partial charge in [0.25, 0.3) is 0 Å². The number of aliphatic hydroxyl groups is 1. The zero-order valence-electron chi connectivity index (χ0n) is 11.1. The van der Waals surface area contributed by atoms with Gasteiger partial charge < -0.3 is 9.84 Å². The SMILES string of the molecule is CCC(C#N)C(O)c1cccc2c1OC(C)(C)C2. The largest absolute Gasteiger partial charge is 0.487 e. The molecule has 1 heterocycles. The van der Waals surface area contributed by atoms with E-state index in [9.17, 15) is 5.11 Å². The summed E-state index contributed by atoms with van der Waals surface area (Å²) in [6.07, 6.45) is 0.695. The van der Waals surface area contributed by atoms with Crippen LogP contribution < -0.4 is 4.74 Å². The Morgan fingerprint density at radius 2 is 2.22 bits per heavy atom. The summed E-state index contributed by atoms with van der Waals surface area (Å²) in [6, 6.07) is 7.95. The standard InChI is InChI=1S/C15H19NO2/c1-4-10(9-16)13(17)12-7-5-6-11-8-15(2,3)18-14(11)12/h5-7,10,13,17H,4,8H2,1-3H3. The molecular formula is C15H19NO2. The lowest BCUT2D eigenvalue weighted by molar-refractivity contribution is 0.110. The van der Waals surface area contributed by atoms with Gasteiger partial charge in [-0.15, -0.1) is 0 Å². The average molecular weight is 245 g/mol. The first-order valence-electron chi connectivity index (χ1n) is 6.37. The Kier molecular flexibility index (Phi) is 3.32. The van der Waals surface area contributed by atoms with Crippen molar-refractivity contribution >= 4 is 0 Å². The van der Waals surface area contributed by atoms with E-state index in [1.54, 1.807) is 0 Å². The minimum absolute atomic E-state index is 0.230. The number of benzene rings is 1. The summed E-state index contributed by atoms with van der Waals surface area (Å²) in [5, 5.41) is 19.4. The second-order valence-corrected chi connectivity index (χ2v) is 5.46. The summed E-state index contributed by atoms with van der Waals surface area (Å²) in [5.41, 5.74) is 1.63. The molecule has 3 heteroatoms. The molecule has 2 atom stereocenters. The fourth-order valence-corrected chi connectivity index (χ4v) is 2.47. The zero-order chi connectivity index (χ0) is 13.3. The van der Waals surface area contributed by atoms with E-state index in [1.165, 1.54) is 0 Å². The summed E-state index contributed by atoms with van der Waals surface area (Å²) in [7, 11) is 0. The van der Waals surface area contributed by atoms with E-state index in [4.69, 9.17) is 10.00 Å². The molecule has 0 aliphatic carbocycles. The molecular weight excluding hydrogens is 226 g/mol. The van der Waals surface area contributed by atoms with Crippen LogP contribution in [0.5, 0.6) is 5.75 Å². The predicted octanol–water partition coefficient (Wildman–Crippen LogP) is 2.98. The molecule has 3 nitrogen and oxygen atoms in total. The lowest BCUT2D eigenvalue weighted by atomic mass is 9.92. The van der Waals surface area contributed by atoms with Crippen molar-refractivity contribution in [2.75, 3.05) is 0 Å². The van der Waals surface area contributed by atoms with E-state index in [-0.39, 0.29) is 11.5 Å². The van der Waals surface area contributed by atoms with Gasteiger partial charge in [0.1, 0.15) is 11.4 Å². The summed E-state index contributed by atoms with van der Waals surface area (Å²) in [5.74, 6) is 0.382. The van der Waals surface area contributed by atoms with E-state index >= 15 is 0 Å². The Balaban J connectivity index is 2.38. The topological polar surface area (TPSA) is 53.2 Å². The van der Waals surface area contributed by atoms with Gasteiger partial charge in [0.2, 0.25) is 0 Å². The van der Waals surface area contributed by atoms with Gasteiger partial charge in [0, 0.05) is 12.0 Å². The number of hydrogen-bond acceptors (Lipinski definition) is 3. The lowest BCUT2D eigenvalue weighted by Crippen LogP contribution is -2.25. The Bertz CT molecular complexity index is 488. The number of para-hydroxylation sites is 1. The number of aliphatic hydroxyl groups excluding tert-OH is 1. The smallest absolute Gasteiger partial charge is 0.129 e. The van der Waals surface area contributed by atoms with E-state index in [1.807, 2.05) is 39.0 Å². The molecule has 18 heavy (non-hydrogen) atoms. The second kappa shape index (κ2) is 4.62. The molecule has 0 bridgehead atoms. The van der Waals surface area contributed by atoms with Crippen molar-refractivity contribution < 1.29 is 9.84 Å². The average Bonchev–Trinajstić information content (AvgIpc) is 2.63. The van der Waals surface area contributed by atoms with Crippen molar-refractivity contribution in [2.24, 2.45) is 5.92 Å². The molecule has 0 fully saturated rings. The van der Waals surface area contributed by atoms with Gasteiger partial charge in [-0.05, 0) is 25.8 Å². The van der Waals surface area contributed by atoms with Crippen LogP contribution in [0.2, 0.25) is 0 Å². The summed E-state index contributed by atoms with van der Waals surface area (Å²) in [4.78, 5) is 0. The first-order chi connectivity index (χ1) is 8.48. The van der Waals surface area contributed by atoms with Crippen LogP contribution in [0.1, 0.15) is 44.4 Å². The van der Waals surface area contributed by atoms with Gasteiger partial charge in [-0.1, -0.05) is 25.1 Å². The molecule has 0 amide bonds. The number of fused-ring (bicyclic) bond motifs is 1. The molecule has 2 unspecified atom stereocenters. The lowest BCUT2D eigenvalue weighted by Gasteiger charge is -2.21. The molecule has 1 N–H and O–H groups in total. The van der Waals surface area contributed by atoms with Crippen LogP contribution in [-0.4, -0.2) is 10.7 Å². The summed E-state index contributed by atoms with van der Waals surface area (Å²) < 4.78 is 5.92. The van der Waals surface area contributed by atoms with E-state index in [2.05, 4.69) is 6.07 Å². The van der Waals surface area contributed by atoms with Gasteiger partial charge >= 0.3 is 0 Å². The number of rotatable bonds is 3. The van der Waals surface area contributed by atoms with Crippen LogP contribution in [0, 0.1) is 17.2 Å². The number of nitriles is 1. The van der Waals surface area contributed by atoms with Crippen LogP contribution >= 0.6 is 0 Å². The zero-order valence-corrected chi connectivity index (χ0v) is 11.1. The highest BCUT2D eigenvalue weighted by Gasteiger charge is 2.34. The number of ether oxygens (including phenoxy) is 1. The van der Waals surface area contributed by atoms with Gasteiger partial charge in [0.05, 0.1) is 18.1 Å². The van der Waals surface area contributed by atoms with Gasteiger partial charge in [-0.3, -0.25) is 0 Å². The first kappa shape index (κ1) is 12.9. The molecule has 1 aromatic rings. The monoisotopic (exact) mass is 245 g/mol. The van der Waals surface area contributed by atoms with Crippen LogP contribution in [0.15, 0.2) is 18.2 Å². The highest BCUT2D eigenvalue weighted by molar-refractivity contribution is 5.47. The maximum absolute atomic E-state index is 10.3. The normalized spacial score (nSPS) is 19.5. The highest BCUT2D eigenvalue weighted by atomic mass is 16.5. The van der Waals surface area contributed by atoms with E-state index in [0.717, 1.165) is 23.3 Å². The van der Waals surface area contributed by atoms with Crippen LogP contribution in [0.4, 0.5) is 0 Å². The van der Waals surface area contributed by atoms with Gasteiger partial charge in [0.15, 0.2) is 0 Å². The fraction of sp³-hybridized carbons (Fsp3) is 0.533. The van der Waals surface area contributed by atoms with Gasteiger partial charge in [-0.25, -0.2) is 0 Å². The first-order valence-corrected chi connectivity index (χ1v) is 6.37. The Hall–Kier alpha value is -1.53. The molecule has 0 saturated carbocycles. The van der Waals surface area contributed by atoms with Crippen LogP contribution in [-0.2, 0) is 6.42 Å². The third-order valence-corrected chi connectivity index (χ3v) is 3.43. The summed E-state index contributed by atoms with van der Waals surface area (Å²) >= 11 is 0. The molecule has 0 radical (unpaired) electrons. The molecule has 0 aromatic heterocycles. The molecule has 96 valence electrons. The van der Waals surface area contributed by atoms with Crippen molar-refractivity contribution in [3.05, 3.63) is 29.3 Å². The number of nitrogens with zero attached hydrogens (tertiary/aromatic N) is 1. The molecule has 0 spiro atoms. The van der Waals surface area contributed by atoms with Crippen molar-refractivity contribution in [2.45, 2.75) is 45.3 Å². The van der Waals surface area contributed by atoms with E-state index in [0.29, 0.717) is 6.42 Å². The van der Waals surface area contributed by atoms with Crippen molar-refractivity contribution in [3.63, 3.8) is 0 Å². The molecule has 2 rings (SSSR count). The molecule has 1 aliphatic rings. The molecule has 1 aliphatic heterocycles. The number of hydrogen-bond donors (Lipinski definition) is 1. The molecule has 0 saturated heterocycles. The third-order valence-electron chi connectivity index (χ3n) is 3.43. The van der Waals surface area contributed by atoms with Crippen molar-refractivity contribution in [3.8, 4) is 11.8 Å². The van der Waals surface area contributed by atoms with Crippen LogP contribution in [0.3, 0.4) is 0 Å². The fourth-order valence-electron chi connectivity index (χ4n) is 2.47. The maximum atomic E-state index is 10.3. The minimum atomic E-state index is -0.774. The summed E-state index contributed by atoms with van der Waals surface area (Å²) in [6.45, 7) is 5.97. The quantitative estimate of drug-likeness (QED) is 0.890. The third kappa shape index (κ3) is 2.21.